The first-order valence-electron chi connectivity index (χ1n) is 5.64. The zero-order valence-electron chi connectivity index (χ0n) is 9.45. The van der Waals surface area contributed by atoms with E-state index in [2.05, 4.69) is 10.0 Å². The quantitative estimate of drug-likeness (QED) is 0.140. The van der Waals surface area contributed by atoms with Crippen molar-refractivity contribution in [3.8, 4) is 0 Å². The average Bonchev–Trinajstić information content (AvgIpc) is 2.43. The molecule has 0 N–H and O–H groups in total. The molecule has 3 nitrogen and oxygen atoms in total. The summed E-state index contributed by atoms with van der Waals surface area (Å²) in [4.78, 5) is 2.65. The molecule has 98 valence electrons. The lowest BCUT2D eigenvalue weighted by molar-refractivity contribution is 0.366. The summed E-state index contributed by atoms with van der Waals surface area (Å²) in [6.45, 7) is 0. The Balaban J connectivity index is 2.29. The molecule has 0 aliphatic heterocycles. The number of nitrogens with zero attached hydrogens (tertiary/aromatic N) is 3. The van der Waals surface area contributed by atoms with Crippen LogP contribution < -0.4 is 0 Å². The standard InChI is InChI=1S/C12H7F4N3/c13-9-7-4-1-2-5(6(3-4)18-19-17)8(7)10(14)12(16)11(9)15/h1-2,4-6H,3H2/t4-,5+,6+/m1/s1. The van der Waals surface area contributed by atoms with Crippen molar-refractivity contribution in [2.24, 2.45) is 5.11 Å². The van der Waals surface area contributed by atoms with E-state index in [1.165, 1.54) is 0 Å². The Bertz CT molecular complexity index is 649. The molecule has 7 heteroatoms. The predicted octanol–water partition coefficient (Wildman–Crippen LogP) is 4.06. The van der Waals surface area contributed by atoms with Gasteiger partial charge in [-0.15, -0.1) is 0 Å². The second-order valence-electron chi connectivity index (χ2n) is 4.61. The SMILES string of the molecule is [N-]=[N+]=N[C@H]1C[C@H]2C=C[C@@H]1c1c(F)c(F)c(F)c(F)c12. The van der Waals surface area contributed by atoms with Crippen LogP contribution in [0.4, 0.5) is 17.6 Å². The molecule has 0 unspecified atom stereocenters. The van der Waals surface area contributed by atoms with Crippen LogP contribution in [-0.2, 0) is 0 Å². The number of benzene rings is 1. The molecule has 0 radical (unpaired) electrons. The number of fused-ring (bicyclic) bond motifs is 1. The lowest BCUT2D eigenvalue weighted by Crippen LogP contribution is -2.31. The number of hydrogen-bond donors (Lipinski definition) is 0. The molecule has 2 bridgehead atoms. The molecule has 1 aromatic carbocycles. The molecule has 19 heavy (non-hydrogen) atoms. The van der Waals surface area contributed by atoms with Gasteiger partial charge in [-0.3, -0.25) is 0 Å². The van der Waals surface area contributed by atoms with Gasteiger partial charge < -0.3 is 0 Å². The lowest BCUT2D eigenvalue weighted by atomic mass is 9.68. The topological polar surface area (TPSA) is 48.8 Å². The van der Waals surface area contributed by atoms with Gasteiger partial charge in [0.2, 0.25) is 0 Å². The second-order valence-corrected chi connectivity index (χ2v) is 4.61. The Morgan fingerprint density at radius 3 is 2.26 bits per heavy atom. The molecule has 3 atom stereocenters. The minimum absolute atomic E-state index is 0.159. The van der Waals surface area contributed by atoms with E-state index in [-0.39, 0.29) is 17.5 Å². The van der Waals surface area contributed by atoms with E-state index in [0.717, 1.165) is 0 Å². The van der Waals surface area contributed by atoms with Crippen LogP contribution in [0.15, 0.2) is 17.3 Å². The Morgan fingerprint density at radius 1 is 1.00 bits per heavy atom. The van der Waals surface area contributed by atoms with E-state index in [0.29, 0.717) is 0 Å². The highest BCUT2D eigenvalue weighted by Gasteiger charge is 2.42. The molecule has 0 saturated carbocycles. The monoisotopic (exact) mass is 269 g/mol. The molecule has 0 spiro atoms. The van der Waals surface area contributed by atoms with Gasteiger partial charge in [-0.05, 0) is 12.0 Å². The van der Waals surface area contributed by atoms with Crippen LogP contribution in [0, 0.1) is 23.3 Å². The Labute approximate surface area is 105 Å². The molecule has 0 amide bonds. The fraction of sp³-hybridized carbons (Fsp3) is 0.333. The highest BCUT2D eigenvalue weighted by Crippen LogP contribution is 2.49. The molecule has 3 aliphatic carbocycles. The first-order valence-corrected chi connectivity index (χ1v) is 5.64. The molecule has 3 aliphatic rings. The van der Waals surface area contributed by atoms with Crippen molar-refractivity contribution in [1.29, 1.82) is 0 Å². The van der Waals surface area contributed by atoms with Crippen molar-refractivity contribution in [3.63, 3.8) is 0 Å². The first-order chi connectivity index (χ1) is 9.06. The second kappa shape index (κ2) is 3.99. The summed E-state index contributed by atoms with van der Waals surface area (Å²) >= 11 is 0. The minimum atomic E-state index is -1.82. The normalized spacial score (nSPS) is 27.1. The summed E-state index contributed by atoms with van der Waals surface area (Å²) in [5.41, 5.74) is 8.06. The van der Waals surface area contributed by atoms with Gasteiger partial charge in [0, 0.05) is 33.9 Å². The predicted molar refractivity (Wildman–Crippen MR) is 58.4 cm³/mol. The Morgan fingerprint density at radius 2 is 1.63 bits per heavy atom. The average molecular weight is 269 g/mol. The third kappa shape index (κ3) is 1.48. The Hall–Kier alpha value is -2.01. The lowest BCUT2D eigenvalue weighted by Gasteiger charge is -2.38. The molecule has 1 aromatic rings. The molecule has 0 aromatic heterocycles. The molecular weight excluding hydrogens is 262 g/mol. The van der Waals surface area contributed by atoms with E-state index in [1.54, 1.807) is 12.2 Å². The summed E-state index contributed by atoms with van der Waals surface area (Å²) < 4.78 is 54.2. The van der Waals surface area contributed by atoms with Gasteiger partial charge in [-0.1, -0.05) is 17.3 Å². The van der Waals surface area contributed by atoms with Crippen molar-refractivity contribution in [2.75, 3.05) is 0 Å². The zero-order valence-corrected chi connectivity index (χ0v) is 9.45. The van der Waals surface area contributed by atoms with Crippen LogP contribution in [0.25, 0.3) is 10.4 Å². The van der Waals surface area contributed by atoms with E-state index in [1.807, 2.05) is 0 Å². The van der Waals surface area contributed by atoms with Gasteiger partial charge >= 0.3 is 0 Å². The summed E-state index contributed by atoms with van der Waals surface area (Å²) in [5.74, 6) is -7.71. The third-order valence-corrected chi connectivity index (χ3v) is 3.71. The van der Waals surface area contributed by atoms with Crippen molar-refractivity contribution in [1.82, 2.24) is 0 Å². The number of halogens is 4. The van der Waals surface area contributed by atoms with Gasteiger partial charge in [0.25, 0.3) is 0 Å². The highest BCUT2D eigenvalue weighted by atomic mass is 19.2. The maximum Gasteiger partial charge on any atom is 0.197 e. The summed E-state index contributed by atoms with van der Waals surface area (Å²) in [7, 11) is 0. The van der Waals surface area contributed by atoms with Crippen LogP contribution in [0.1, 0.15) is 29.4 Å². The largest absolute Gasteiger partial charge is 0.203 e. The van der Waals surface area contributed by atoms with Gasteiger partial charge in [0.1, 0.15) is 0 Å². The van der Waals surface area contributed by atoms with Gasteiger partial charge in [-0.25, -0.2) is 17.6 Å². The van der Waals surface area contributed by atoms with Gasteiger partial charge in [-0.2, -0.15) is 0 Å². The van der Waals surface area contributed by atoms with Crippen LogP contribution >= 0.6 is 0 Å². The smallest absolute Gasteiger partial charge is 0.197 e. The number of hydrogen-bond acceptors (Lipinski definition) is 1. The third-order valence-electron chi connectivity index (χ3n) is 3.71. The molecule has 0 heterocycles. The van der Waals surface area contributed by atoms with Crippen LogP contribution in [0.2, 0.25) is 0 Å². The van der Waals surface area contributed by atoms with Crippen LogP contribution in [0.3, 0.4) is 0 Å². The van der Waals surface area contributed by atoms with E-state index >= 15 is 0 Å². The van der Waals surface area contributed by atoms with E-state index in [4.69, 9.17) is 5.53 Å². The number of azide groups is 1. The summed E-state index contributed by atoms with van der Waals surface area (Å²) in [5, 5.41) is 3.51. The number of rotatable bonds is 1. The van der Waals surface area contributed by atoms with E-state index < -0.39 is 41.1 Å². The first kappa shape index (κ1) is 12.0. The van der Waals surface area contributed by atoms with Crippen LogP contribution in [0.5, 0.6) is 0 Å². The molecule has 4 rings (SSSR count). The maximum absolute atomic E-state index is 13.8. The minimum Gasteiger partial charge on any atom is -0.203 e. The zero-order chi connectivity index (χ0) is 13.7. The fourth-order valence-corrected chi connectivity index (χ4v) is 2.91. The highest BCUT2D eigenvalue weighted by molar-refractivity contribution is 5.48. The molecule has 0 saturated heterocycles. The van der Waals surface area contributed by atoms with Crippen molar-refractivity contribution in [2.45, 2.75) is 24.3 Å². The molecule has 0 fully saturated rings. The van der Waals surface area contributed by atoms with Crippen molar-refractivity contribution < 1.29 is 17.6 Å². The van der Waals surface area contributed by atoms with Gasteiger partial charge in [0.15, 0.2) is 23.3 Å². The van der Waals surface area contributed by atoms with E-state index in [9.17, 15) is 17.6 Å². The van der Waals surface area contributed by atoms with Crippen LogP contribution in [-0.4, -0.2) is 6.04 Å². The summed E-state index contributed by atoms with van der Waals surface area (Å²) in [6, 6.07) is -0.605. The van der Waals surface area contributed by atoms with Gasteiger partial charge in [0.05, 0.1) is 0 Å². The molecular formula is C12H7F4N3. The van der Waals surface area contributed by atoms with Crippen molar-refractivity contribution in [3.05, 3.63) is 57.0 Å². The maximum atomic E-state index is 13.8. The van der Waals surface area contributed by atoms with Crippen molar-refractivity contribution >= 4 is 0 Å². The fourth-order valence-electron chi connectivity index (χ4n) is 2.91. The Kier molecular flexibility index (Phi) is 2.53. The number of allylic oxidation sites excluding steroid dienone is 1. The summed E-state index contributed by atoms with van der Waals surface area (Å²) in [6.07, 6.45) is 3.42.